The molecular weight excluding hydrogens is 332 g/mol. The molecule has 1 spiro atoms. The van der Waals surface area contributed by atoms with Gasteiger partial charge in [0.15, 0.2) is 0 Å². The second kappa shape index (κ2) is 6.91. The third kappa shape index (κ3) is 2.96. The zero-order valence-electron chi connectivity index (χ0n) is 15.0. The van der Waals surface area contributed by atoms with Gasteiger partial charge in [-0.05, 0) is 43.2 Å². The smallest absolute Gasteiger partial charge is 0.274 e. The summed E-state index contributed by atoms with van der Waals surface area (Å²) in [7, 11) is 0. The normalized spacial score (nSPS) is 24.0. The lowest BCUT2D eigenvalue weighted by atomic mass is 9.75. The van der Waals surface area contributed by atoms with Crippen molar-refractivity contribution in [1.82, 2.24) is 10.4 Å². The van der Waals surface area contributed by atoms with Crippen LogP contribution in [0.25, 0.3) is 0 Å². The lowest BCUT2D eigenvalue weighted by Crippen LogP contribution is -2.41. The summed E-state index contributed by atoms with van der Waals surface area (Å²) in [6.45, 7) is 1.51. The monoisotopic (exact) mass is 358 g/mol. The van der Waals surface area contributed by atoms with Crippen LogP contribution >= 0.6 is 0 Å². The summed E-state index contributed by atoms with van der Waals surface area (Å²) in [5, 5.41) is 8.79. The number of hydrogen-bond acceptors (Lipinski definition) is 4. The molecule has 2 aliphatic carbocycles. The molecule has 3 aliphatic rings. The molecule has 0 bridgehead atoms. The van der Waals surface area contributed by atoms with Crippen LogP contribution < -0.4 is 10.2 Å². The first-order chi connectivity index (χ1) is 12.6. The fraction of sp³-hybridized carbons (Fsp3) is 0.600. The van der Waals surface area contributed by atoms with E-state index in [4.69, 9.17) is 9.94 Å². The third-order valence-electron chi connectivity index (χ3n) is 6.53. The predicted octanol–water partition coefficient (Wildman–Crippen LogP) is 2.89. The molecule has 0 radical (unpaired) electrons. The zero-order valence-corrected chi connectivity index (χ0v) is 15.0. The van der Waals surface area contributed by atoms with E-state index in [9.17, 15) is 9.59 Å². The molecule has 1 atom stereocenters. The Balaban J connectivity index is 1.54. The minimum absolute atomic E-state index is 0.158. The highest BCUT2D eigenvalue weighted by Gasteiger charge is 2.49. The summed E-state index contributed by atoms with van der Waals surface area (Å²) < 4.78 is 5.79. The molecule has 2 fully saturated rings. The van der Waals surface area contributed by atoms with Crippen LogP contribution in [0.4, 0.5) is 0 Å². The van der Waals surface area contributed by atoms with Crippen LogP contribution in [0, 0.1) is 11.3 Å². The molecule has 140 valence electrons. The number of fused-ring (bicyclic) bond motifs is 1. The van der Waals surface area contributed by atoms with Gasteiger partial charge in [0.05, 0.1) is 6.54 Å². The van der Waals surface area contributed by atoms with Crippen molar-refractivity contribution in [3.05, 3.63) is 29.3 Å². The largest absolute Gasteiger partial charge is 0.491 e. The number of amides is 2. The molecule has 1 aliphatic heterocycles. The maximum atomic E-state index is 13.3. The van der Waals surface area contributed by atoms with Gasteiger partial charge >= 0.3 is 0 Å². The minimum Gasteiger partial charge on any atom is -0.491 e. The first-order valence-electron chi connectivity index (χ1n) is 9.62. The highest BCUT2D eigenvalue weighted by Crippen LogP contribution is 2.54. The standard InChI is InChI=1S/C20H26N2O4/c23-18(21-25)14-5-6-15-13-22(10-11-26-17(15)12-14)19(24)16-4-3-9-20(16)7-1-2-8-20/h5-6,12,16,25H,1-4,7-11,13H2,(H,21,23). The van der Waals surface area contributed by atoms with Crippen LogP contribution in [0.2, 0.25) is 0 Å². The van der Waals surface area contributed by atoms with Crippen molar-refractivity contribution in [3.63, 3.8) is 0 Å². The number of rotatable bonds is 2. The van der Waals surface area contributed by atoms with E-state index in [-0.39, 0.29) is 17.2 Å². The fourth-order valence-corrected chi connectivity index (χ4v) is 5.19. The zero-order chi connectivity index (χ0) is 18.1. The van der Waals surface area contributed by atoms with Crippen molar-refractivity contribution >= 4 is 11.8 Å². The van der Waals surface area contributed by atoms with E-state index < -0.39 is 5.91 Å². The van der Waals surface area contributed by atoms with Gasteiger partial charge in [0.25, 0.3) is 5.91 Å². The number of nitrogens with one attached hydrogen (secondary N) is 1. The molecule has 0 aromatic heterocycles. The second-order valence-corrected chi connectivity index (χ2v) is 7.89. The Bertz CT molecular complexity index is 706. The van der Waals surface area contributed by atoms with Crippen molar-refractivity contribution in [2.75, 3.05) is 13.2 Å². The van der Waals surface area contributed by atoms with Gasteiger partial charge in [0, 0.05) is 23.6 Å². The molecule has 2 N–H and O–H groups in total. The lowest BCUT2D eigenvalue weighted by Gasteiger charge is -2.34. The molecule has 6 nitrogen and oxygen atoms in total. The maximum Gasteiger partial charge on any atom is 0.274 e. The van der Waals surface area contributed by atoms with Gasteiger partial charge in [-0.1, -0.05) is 25.3 Å². The number of carbonyl (C=O) groups is 2. The molecule has 1 aromatic carbocycles. The van der Waals surface area contributed by atoms with E-state index in [2.05, 4.69) is 0 Å². The summed E-state index contributed by atoms with van der Waals surface area (Å²) in [5.74, 6) is 0.482. The topological polar surface area (TPSA) is 78.9 Å². The van der Waals surface area contributed by atoms with E-state index >= 15 is 0 Å². The van der Waals surface area contributed by atoms with Gasteiger partial charge in [-0.15, -0.1) is 0 Å². The molecule has 1 unspecified atom stereocenters. The van der Waals surface area contributed by atoms with E-state index in [0.29, 0.717) is 31.0 Å². The SMILES string of the molecule is O=C(NO)c1ccc2c(c1)OCCN(C(=O)C1CCCC13CCCC3)C2. The third-order valence-corrected chi connectivity index (χ3v) is 6.53. The maximum absolute atomic E-state index is 13.3. The molecule has 1 aromatic rings. The second-order valence-electron chi connectivity index (χ2n) is 7.89. The average Bonchev–Trinajstić information content (AvgIpc) is 3.24. The Labute approximate surface area is 153 Å². The van der Waals surface area contributed by atoms with E-state index in [1.165, 1.54) is 32.1 Å². The van der Waals surface area contributed by atoms with Crippen LogP contribution in [0.5, 0.6) is 5.75 Å². The van der Waals surface area contributed by atoms with Crippen molar-refractivity contribution in [1.29, 1.82) is 0 Å². The Morgan fingerprint density at radius 1 is 1.19 bits per heavy atom. The van der Waals surface area contributed by atoms with E-state index in [1.54, 1.807) is 17.6 Å². The summed E-state index contributed by atoms with van der Waals surface area (Å²) in [5.41, 5.74) is 3.13. The summed E-state index contributed by atoms with van der Waals surface area (Å²) >= 11 is 0. The molecule has 6 heteroatoms. The van der Waals surface area contributed by atoms with Crippen LogP contribution in [-0.4, -0.2) is 35.1 Å². The molecule has 2 amide bonds. The molecule has 1 heterocycles. The predicted molar refractivity (Wildman–Crippen MR) is 94.8 cm³/mol. The van der Waals surface area contributed by atoms with Crippen molar-refractivity contribution in [3.8, 4) is 5.75 Å². The van der Waals surface area contributed by atoms with Crippen LogP contribution in [0.1, 0.15) is 60.9 Å². The average molecular weight is 358 g/mol. The first kappa shape index (κ1) is 17.3. The quantitative estimate of drug-likeness (QED) is 0.629. The molecule has 2 saturated carbocycles. The van der Waals surface area contributed by atoms with Crippen LogP contribution in [0.3, 0.4) is 0 Å². The summed E-state index contributed by atoms with van der Waals surface area (Å²) in [4.78, 5) is 26.9. The number of carbonyl (C=O) groups excluding carboxylic acids is 2. The van der Waals surface area contributed by atoms with Gasteiger partial charge in [-0.25, -0.2) is 5.48 Å². The van der Waals surface area contributed by atoms with Crippen molar-refractivity contribution < 1.29 is 19.5 Å². The van der Waals surface area contributed by atoms with Crippen molar-refractivity contribution in [2.24, 2.45) is 11.3 Å². The van der Waals surface area contributed by atoms with Gasteiger partial charge in [0.2, 0.25) is 5.91 Å². The van der Waals surface area contributed by atoms with Gasteiger partial charge in [-0.2, -0.15) is 0 Å². The highest BCUT2D eigenvalue weighted by molar-refractivity contribution is 5.93. The number of hydrogen-bond donors (Lipinski definition) is 2. The number of ether oxygens (including phenoxy) is 1. The minimum atomic E-state index is -0.567. The Hall–Kier alpha value is -2.08. The van der Waals surface area contributed by atoms with Gasteiger partial charge in [0.1, 0.15) is 12.4 Å². The summed E-state index contributed by atoms with van der Waals surface area (Å²) in [6.07, 6.45) is 8.28. The molecule has 4 rings (SSSR count). The van der Waals surface area contributed by atoms with Crippen molar-refractivity contribution in [2.45, 2.75) is 51.5 Å². The molecule has 26 heavy (non-hydrogen) atoms. The Morgan fingerprint density at radius 3 is 2.73 bits per heavy atom. The number of nitrogens with zero attached hydrogens (tertiary/aromatic N) is 1. The van der Waals surface area contributed by atoms with Crippen LogP contribution in [0.15, 0.2) is 18.2 Å². The fourth-order valence-electron chi connectivity index (χ4n) is 5.19. The number of hydroxylamine groups is 1. The van der Waals surface area contributed by atoms with Crippen LogP contribution in [-0.2, 0) is 11.3 Å². The molecule has 0 saturated heterocycles. The van der Waals surface area contributed by atoms with E-state index in [1.807, 2.05) is 11.0 Å². The van der Waals surface area contributed by atoms with E-state index in [0.717, 1.165) is 18.4 Å². The number of benzene rings is 1. The summed E-state index contributed by atoms with van der Waals surface area (Å²) in [6, 6.07) is 5.09. The first-order valence-corrected chi connectivity index (χ1v) is 9.62. The Kier molecular flexibility index (Phi) is 4.61. The molecular formula is C20H26N2O4. The van der Waals surface area contributed by atoms with Gasteiger partial charge < -0.3 is 9.64 Å². The Morgan fingerprint density at radius 2 is 1.96 bits per heavy atom. The highest BCUT2D eigenvalue weighted by atomic mass is 16.5. The van der Waals surface area contributed by atoms with Gasteiger partial charge in [-0.3, -0.25) is 14.8 Å². The lowest BCUT2D eigenvalue weighted by molar-refractivity contribution is -0.139.